The van der Waals surface area contributed by atoms with Gasteiger partial charge < -0.3 is 30.2 Å². The summed E-state index contributed by atoms with van der Waals surface area (Å²) >= 11 is 8.70. The van der Waals surface area contributed by atoms with Gasteiger partial charge in [0.2, 0.25) is 11.2 Å². The van der Waals surface area contributed by atoms with Crippen LogP contribution in [0, 0.1) is 0 Å². The molecule has 0 unspecified atom stereocenters. The third-order valence-corrected chi connectivity index (χ3v) is 14.0. The van der Waals surface area contributed by atoms with Gasteiger partial charge in [-0.15, -0.1) is 27.8 Å². The summed E-state index contributed by atoms with van der Waals surface area (Å²) in [6.45, 7) is 5.33. The Labute approximate surface area is 338 Å². The summed E-state index contributed by atoms with van der Waals surface area (Å²) < 4.78 is 8.59. The van der Waals surface area contributed by atoms with Crippen LogP contribution in [-0.4, -0.2) is 73.3 Å². The largest absolute Gasteiger partial charge is 0.506 e. The second kappa shape index (κ2) is 16.4. The van der Waals surface area contributed by atoms with Crippen LogP contribution in [0.3, 0.4) is 0 Å². The fourth-order valence-electron chi connectivity index (χ4n) is 8.69. The summed E-state index contributed by atoms with van der Waals surface area (Å²) in [5.41, 5.74) is 5.63. The van der Waals surface area contributed by atoms with Crippen molar-refractivity contribution >= 4 is 62.2 Å². The van der Waals surface area contributed by atoms with Crippen LogP contribution in [0.25, 0.3) is 21.9 Å². The number of nitrogens with one attached hydrogen (secondary N) is 2. The highest BCUT2D eigenvalue weighted by molar-refractivity contribution is 7.16. The summed E-state index contributed by atoms with van der Waals surface area (Å²) in [4.78, 5) is 31.6. The van der Waals surface area contributed by atoms with Crippen molar-refractivity contribution in [2.24, 2.45) is 0 Å². The first kappa shape index (κ1) is 38.7. The van der Waals surface area contributed by atoms with Gasteiger partial charge in [0.15, 0.2) is 0 Å². The molecule has 6 aromatic rings. The molecule has 2 aromatic carbocycles. The van der Waals surface area contributed by atoms with Crippen LogP contribution in [0.4, 0.5) is 0 Å². The Hall–Kier alpha value is -4.11. The lowest BCUT2D eigenvalue weighted by Gasteiger charge is -2.35. The molecule has 8 rings (SSSR count). The van der Waals surface area contributed by atoms with E-state index in [1.54, 1.807) is 30.3 Å². The van der Waals surface area contributed by atoms with E-state index in [-0.39, 0.29) is 23.3 Å². The van der Waals surface area contributed by atoms with Crippen LogP contribution in [0.15, 0.2) is 64.8 Å². The van der Waals surface area contributed by atoms with Crippen molar-refractivity contribution in [1.82, 2.24) is 30.2 Å². The number of phenolic OH excluding ortho intramolecular Hbond substituents is 1. The second-order valence-electron chi connectivity index (χ2n) is 15.3. The number of rotatable bonds is 14. The second-order valence-corrected chi connectivity index (χ2v) is 18.0. The Morgan fingerprint density at radius 3 is 2.71 bits per heavy atom. The van der Waals surface area contributed by atoms with E-state index >= 15 is 0 Å². The van der Waals surface area contributed by atoms with Gasteiger partial charge in [0.25, 0.3) is 0 Å². The fourth-order valence-corrected chi connectivity index (χ4v) is 10.7. The molecule has 1 fully saturated rings. The zero-order chi connectivity index (χ0) is 39.0. The summed E-state index contributed by atoms with van der Waals surface area (Å²) in [7, 11) is 2.18. The standard InChI is InChI=1S/C42H47ClN6O5S2/c1-25(29-13-15-34(50)39-31(29)14-18-38(51)45-39)23-44-24-26-22-33-40(32-7-3-6-30(26)32)49(47-46-33)20-5-19-48(2)27-9-11-28(12-10-27)54-41(52)42(53,35-8-4-21-55-35)36-16-17-37(43)56-36/h4,8,13-18,21-22,25,27-28,44,50,53H,3,5-7,9-12,19-20,23-24H2,1-2H3,(H,45,51)/t25-,27-,28-,42+/m0/s1. The van der Waals surface area contributed by atoms with Crippen molar-refractivity contribution in [3.63, 3.8) is 0 Å². The molecule has 4 aromatic heterocycles. The van der Waals surface area contributed by atoms with Crippen LogP contribution in [0.1, 0.15) is 83.4 Å². The number of H-pyrrole nitrogens is 1. The van der Waals surface area contributed by atoms with Gasteiger partial charge in [-0.2, -0.15) is 0 Å². The lowest BCUT2D eigenvalue weighted by atomic mass is 9.91. The lowest BCUT2D eigenvalue weighted by molar-refractivity contribution is -0.169. The van der Waals surface area contributed by atoms with Gasteiger partial charge in [0, 0.05) is 37.1 Å². The van der Waals surface area contributed by atoms with Gasteiger partial charge in [-0.3, -0.25) is 4.79 Å². The molecule has 0 bridgehead atoms. The monoisotopic (exact) mass is 814 g/mol. The third kappa shape index (κ3) is 7.65. The maximum atomic E-state index is 13.5. The summed E-state index contributed by atoms with van der Waals surface area (Å²) in [5, 5.41) is 37.6. The van der Waals surface area contributed by atoms with E-state index in [0.717, 1.165) is 99.5 Å². The van der Waals surface area contributed by atoms with E-state index in [1.165, 1.54) is 45.4 Å². The third-order valence-electron chi connectivity index (χ3n) is 11.7. The Morgan fingerprint density at radius 2 is 1.95 bits per heavy atom. The van der Waals surface area contributed by atoms with E-state index < -0.39 is 11.6 Å². The number of carbonyl (C=O) groups excluding carboxylic acids is 1. The first-order valence-corrected chi connectivity index (χ1v) is 21.5. The van der Waals surface area contributed by atoms with Crippen molar-refractivity contribution in [3.8, 4) is 5.75 Å². The molecule has 0 saturated heterocycles. The smallest absolute Gasteiger partial charge is 0.349 e. The van der Waals surface area contributed by atoms with E-state index in [1.807, 2.05) is 17.5 Å². The molecule has 0 spiro atoms. The van der Waals surface area contributed by atoms with Gasteiger partial charge in [0.05, 0.1) is 25.1 Å². The van der Waals surface area contributed by atoms with E-state index in [0.29, 0.717) is 25.6 Å². The predicted molar refractivity (Wildman–Crippen MR) is 222 cm³/mol. The summed E-state index contributed by atoms with van der Waals surface area (Å²) in [6.07, 6.45) is 7.23. The predicted octanol–water partition coefficient (Wildman–Crippen LogP) is 7.25. The van der Waals surface area contributed by atoms with Gasteiger partial charge in [-0.1, -0.05) is 35.9 Å². The molecular weight excluding hydrogens is 768 g/mol. The van der Waals surface area contributed by atoms with Crippen LogP contribution >= 0.6 is 34.3 Å². The van der Waals surface area contributed by atoms with Crippen molar-refractivity contribution in [2.45, 2.75) is 95.0 Å². The lowest BCUT2D eigenvalue weighted by Crippen LogP contribution is -2.42. The molecule has 56 heavy (non-hydrogen) atoms. The van der Waals surface area contributed by atoms with Gasteiger partial charge >= 0.3 is 5.97 Å². The van der Waals surface area contributed by atoms with Crippen LogP contribution < -0.4 is 10.9 Å². The first-order chi connectivity index (χ1) is 27.1. The number of ether oxygens (including phenoxy) is 1. The van der Waals surface area contributed by atoms with Crippen molar-refractivity contribution in [1.29, 1.82) is 0 Å². The molecular formula is C42H47ClN6O5S2. The zero-order valence-corrected chi connectivity index (χ0v) is 34.0. The molecule has 11 nitrogen and oxygen atoms in total. The number of halogens is 1. The number of phenols is 1. The van der Waals surface area contributed by atoms with Gasteiger partial charge in [0.1, 0.15) is 17.4 Å². The molecule has 14 heteroatoms. The summed E-state index contributed by atoms with van der Waals surface area (Å²) in [6, 6.07) is 16.4. The van der Waals surface area contributed by atoms with Crippen LogP contribution in [0.5, 0.6) is 5.75 Å². The highest BCUT2D eigenvalue weighted by Crippen LogP contribution is 2.40. The molecule has 4 heterocycles. The highest BCUT2D eigenvalue weighted by atomic mass is 35.5. The number of benzene rings is 2. The number of aromatic amines is 1. The topological polar surface area (TPSA) is 146 Å². The van der Waals surface area contributed by atoms with Gasteiger partial charge in [-0.25, -0.2) is 9.48 Å². The number of esters is 1. The Kier molecular flexibility index (Phi) is 11.3. The SMILES string of the molecule is C[C@@H](CNCc1cc2nnn(CCCN(C)[C@H]3CC[C@H](OC(=O)[C@@](O)(c4cccs4)c4ccc(Cl)s4)CC3)c2c2c1CCC2)c1ccc(O)c2[nH]c(=O)ccc12. The number of hydrogen-bond acceptors (Lipinski definition) is 11. The highest BCUT2D eigenvalue weighted by Gasteiger charge is 2.45. The normalized spacial score (nSPS) is 18.7. The Bertz CT molecular complexity index is 2400. The van der Waals surface area contributed by atoms with Crippen LogP contribution in [-0.2, 0) is 41.1 Å². The van der Waals surface area contributed by atoms with E-state index in [2.05, 4.69) is 50.2 Å². The quantitative estimate of drug-likeness (QED) is 0.0836. The Morgan fingerprint density at radius 1 is 1.12 bits per heavy atom. The first-order valence-electron chi connectivity index (χ1n) is 19.5. The summed E-state index contributed by atoms with van der Waals surface area (Å²) in [5.74, 6) is -0.403. The molecule has 0 radical (unpaired) electrons. The number of aromatic hydroxyl groups is 1. The molecule has 2 aliphatic rings. The number of fused-ring (bicyclic) bond motifs is 4. The molecule has 1 saturated carbocycles. The van der Waals surface area contributed by atoms with Crippen LogP contribution in [0.2, 0.25) is 4.34 Å². The minimum atomic E-state index is -1.86. The average Bonchev–Trinajstić information content (AvgIpc) is 4.03. The zero-order valence-electron chi connectivity index (χ0n) is 31.6. The maximum Gasteiger partial charge on any atom is 0.349 e. The Balaban J connectivity index is 0.843. The average molecular weight is 815 g/mol. The molecule has 2 atom stereocenters. The van der Waals surface area contributed by atoms with Gasteiger partial charge in [-0.05, 0) is 135 Å². The number of carbonyl (C=O) groups is 1. The molecule has 2 aliphatic carbocycles. The number of hydrogen-bond donors (Lipinski definition) is 4. The molecule has 294 valence electrons. The number of pyridine rings is 1. The number of thiophene rings is 2. The minimum Gasteiger partial charge on any atom is -0.506 e. The number of nitrogens with zero attached hydrogens (tertiary/aromatic N) is 4. The maximum absolute atomic E-state index is 13.5. The number of aliphatic hydroxyl groups is 1. The number of aryl methyl sites for hydroxylation is 2. The minimum absolute atomic E-state index is 0.0768. The van der Waals surface area contributed by atoms with Crippen molar-refractivity contribution in [2.75, 3.05) is 20.1 Å². The fraction of sp³-hybridized carbons (Fsp3) is 0.429. The molecule has 4 N–H and O–H groups in total. The van der Waals surface area contributed by atoms with E-state index in [9.17, 15) is 19.8 Å². The van der Waals surface area contributed by atoms with E-state index in [4.69, 9.17) is 16.3 Å². The van der Waals surface area contributed by atoms with Crippen molar-refractivity contribution < 1.29 is 19.7 Å². The number of aromatic nitrogens is 4. The van der Waals surface area contributed by atoms with Crippen molar-refractivity contribution in [3.05, 3.63) is 107 Å². The molecule has 0 aliphatic heterocycles. The molecule has 0 amide bonds.